The van der Waals surface area contributed by atoms with Crippen LogP contribution in [0.4, 0.5) is 0 Å². The maximum absolute atomic E-state index is 12.2. The highest BCUT2D eigenvalue weighted by Crippen LogP contribution is 2.32. The number of hydrogen-bond acceptors (Lipinski definition) is 8. The predicted octanol–water partition coefficient (Wildman–Crippen LogP) is 3.00. The molecule has 0 atom stereocenters. The third kappa shape index (κ3) is 5.43. The molecule has 0 aliphatic heterocycles. The van der Waals surface area contributed by atoms with Gasteiger partial charge in [-0.05, 0) is 49.2 Å². The molecule has 2 aromatic carbocycles. The Bertz CT molecular complexity index is 1320. The SMILES string of the molecule is COc1ccc(OC)c(-c2nnc3ccc(OCCNC(=O)COc4c(C)cccc4C)nn23)c1. The third-order valence-corrected chi connectivity index (χ3v) is 5.32. The van der Waals surface area contributed by atoms with Gasteiger partial charge >= 0.3 is 0 Å². The summed E-state index contributed by atoms with van der Waals surface area (Å²) in [7, 11) is 3.17. The van der Waals surface area contributed by atoms with Gasteiger partial charge in [0.25, 0.3) is 5.91 Å². The maximum atomic E-state index is 12.2. The summed E-state index contributed by atoms with van der Waals surface area (Å²) >= 11 is 0. The fourth-order valence-electron chi connectivity index (χ4n) is 3.57. The van der Waals surface area contributed by atoms with Gasteiger partial charge in [0.15, 0.2) is 18.1 Å². The van der Waals surface area contributed by atoms with Crippen LogP contribution in [-0.4, -0.2) is 59.7 Å². The first-order valence-corrected chi connectivity index (χ1v) is 11.0. The number of fused-ring (bicyclic) bond motifs is 1. The van der Waals surface area contributed by atoms with Crippen molar-refractivity contribution in [1.29, 1.82) is 0 Å². The molecule has 0 saturated heterocycles. The van der Waals surface area contributed by atoms with E-state index in [-0.39, 0.29) is 19.1 Å². The van der Waals surface area contributed by atoms with Crippen LogP contribution in [0.5, 0.6) is 23.1 Å². The summed E-state index contributed by atoms with van der Waals surface area (Å²) in [6.45, 7) is 4.36. The van der Waals surface area contributed by atoms with E-state index in [1.54, 1.807) is 49.1 Å². The molecule has 10 nitrogen and oxygen atoms in total. The van der Waals surface area contributed by atoms with E-state index in [0.717, 1.165) is 16.9 Å². The van der Waals surface area contributed by atoms with Gasteiger partial charge in [0.1, 0.15) is 23.9 Å². The van der Waals surface area contributed by atoms with Crippen LogP contribution in [-0.2, 0) is 4.79 Å². The number of aryl methyl sites for hydroxylation is 2. The second-order valence-electron chi connectivity index (χ2n) is 7.74. The Labute approximate surface area is 202 Å². The number of aromatic nitrogens is 4. The van der Waals surface area contributed by atoms with Crippen LogP contribution in [0.2, 0.25) is 0 Å². The van der Waals surface area contributed by atoms with E-state index in [2.05, 4.69) is 20.6 Å². The van der Waals surface area contributed by atoms with Crippen LogP contribution in [0.15, 0.2) is 48.5 Å². The van der Waals surface area contributed by atoms with Crippen LogP contribution in [0.25, 0.3) is 17.0 Å². The minimum atomic E-state index is -0.231. The van der Waals surface area contributed by atoms with Crippen molar-refractivity contribution in [3.05, 3.63) is 59.7 Å². The fraction of sp³-hybridized carbons (Fsp3) is 0.280. The average Bonchev–Trinajstić information content (AvgIpc) is 3.29. The number of benzene rings is 2. The zero-order valence-electron chi connectivity index (χ0n) is 20.1. The quantitative estimate of drug-likeness (QED) is 0.347. The zero-order chi connectivity index (χ0) is 24.8. The molecule has 182 valence electrons. The Morgan fingerprint density at radius 1 is 0.971 bits per heavy atom. The molecule has 0 saturated carbocycles. The van der Waals surface area contributed by atoms with Gasteiger partial charge in [-0.15, -0.1) is 15.3 Å². The lowest BCUT2D eigenvalue weighted by molar-refractivity contribution is -0.123. The molecule has 0 fully saturated rings. The number of nitrogens with one attached hydrogen (secondary N) is 1. The number of methoxy groups -OCH3 is 2. The summed E-state index contributed by atoms with van der Waals surface area (Å²) in [5.41, 5.74) is 3.21. The number of hydrogen-bond donors (Lipinski definition) is 1. The summed E-state index contributed by atoms with van der Waals surface area (Å²) in [5.74, 6) is 2.61. The number of nitrogens with zero attached hydrogens (tertiary/aromatic N) is 4. The fourth-order valence-corrected chi connectivity index (χ4v) is 3.57. The molecule has 1 N–H and O–H groups in total. The Morgan fingerprint density at radius 3 is 2.51 bits per heavy atom. The summed E-state index contributed by atoms with van der Waals surface area (Å²) in [4.78, 5) is 12.2. The Hall–Kier alpha value is -4.34. The molecule has 0 bridgehead atoms. The largest absolute Gasteiger partial charge is 0.497 e. The lowest BCUT2D eigenvalue weighted by Gasteiger charge is -2.12. The molecule has 1 amide bonds. The number of ether oxygens (including phenoxy) is 4. The van der Waals surface area contributed by atoms with E-state index in [0.29, 0.717) is 41.0 Å². The van der Waals surface area contributed by atoms with Crippen molar-refractivity contribution >= 4 is 11.6 Å². The molecule has 0 radical (unpaired) electrons. The lowest BCUT2D eigenvalue weighted by atomic mass is 10.1. The van der Waals surface area contributed by atoms with E-state index in [1.807, 2.05) is 32.0 Å². The van der Waals surface area contributed by atoms with Gasteiger partial charge in [0.2, 0.25) is 5.88 Å². The van der Waals surface area contributed by atoms with E-state index in [4.69, 9.17) is 18.9 Å². The zero-order valence-corrected chi connectivity index (χ0v) is 20.1. The van der Waals surface area contributed by atoms with Crippen molar-refractivity contribution in [3.8, 4) is 34.5 Å². The van der Waals surface area contributed by atoms with Crippen LogP contribution in [0, 0.1) is 13.8 Å². The minimum absolute atomic E-state index is 0.0671. The van der Waals surface area contributed by atoms with Gasteiger partial charge in [-0.25, -0.2) is 0 Å². The molecule has 2 aromatic heterocycles. The summed E-state index contributed by atoms with van der Waals surface area (Å²) in [6, 6.07) is 14.7. The van der Waals surface area contributed by atoms with Crippen molar-refractivity contribution in [2.75, 3.05) is 34.0 Å². The predicted molar refractivity (Wildman–Crippen MR) is 129 cm³/mol. The van der Waals surface area contributed by atoms with Gasteiger partial charge in [0, 0.05) is 6.07 Å². The lowest BCUT2D eigenvalue weighted by Crippen LogP contribution is -2.32. The summed E-state index contributed by atoms with van der Waals surface area (Å²) in [6.07, 6.45) is 0. The normalized spacial score (nSPS) is 10.7. The van der Waals surface area contributed by atoms with E-state index in [9.17, 15) is 4.79 Å². The maximum Gasteiger partial charge on any atom is 0.258 e. The molecular weight excluding hydrogens is 450 g/mol. The number of carbonyl (C=O) groups excluding carboxylic acids is 1. The minimum Gasteiger partial charge on any atom is -0.497 e. The van der Waals surface area contributed by atoms with Crippen LogP contribution in [0.1, 0.15) is 11.1 Å². The highest BCUT2D eigenvalue weighted by molar-refractivity contribution is 5.77. The Morgan fingerprint density at radius 2 is 1.77 bits per heavy atom. The van der Waals surface area contributed by atoms with Crippen LogP contribution >= 0.6 is 0 Å². The second-order valence-corrected chi connectivity index (χ2v) is 7.74. The number of rotatable bonds is 10. The number of para-hydroxylation sites is 1. The molecular formula is C25H27N5O5. The molecule has 2 heterocycles. The van der Waals surface area contributed by atoms with Crippen molar-refractivity contribution < 1.29 is 23.7 Å². The first-order valence-electron chi connectivity index (χ1n) is 11.0. The van der Waals surface area contributed by atoms with Crippen molar-refractivity contribution in [1.82, 2.24) is 25.1 Å². The molecule has 0 unspecified atom stereocenters. The molecule has 35 heavy (non-hydrogen) atoms. The van der Waals surface area contributed by atoms with Gasteiger partial charge in [-0.1, -0.05) is 18.2 Å². The molecule has 0 aliphatic carbocycles. The Balaban J connectivity index is 1.36. The highest BCUT2D eigenvalue weighted by Gasteiger charge is 2.16. The van der Waals surface area contributed by atoms with Crippen molar-refractivity contribution in [3.63, 3.8) is 0 Å². The van der Waals surface area contributed by atoms with Gasteiger partial charge in [0.05, 0.1) is 26.3 Å². The molecule has 10 heteroatoms. The van der Waals surface area contributed by atoms with E-state index in [1.165, 1.54) is 0 Å². The van der Waals surface area contributed by atoms with Gasteiger partial charge < -0.3 is 24.3 Å². The molecule has 0 aliphatic rings. The van der Waals surface area contributed by atoms with Crippen LogP contribution < -0.4 is 24.3 Å². The number of amides is 1. The smallest absolute Gasteiger partial charge is 0.258 e. The second kappa shape index (κ2) is 10.7. The number of carbonyl (C=O) groups is 1. The van der Waals surface area contributed by atoms with E-state index < -0.39 is 0 Å². The first kappa shape index (κ1) is 23.8. The average molecular weight is 478 g/mol. The van der Waals surface area contributed by atoms with E-state index >= 15 is 0 Å². The standard InChI is InChI=1S/C25H27N5O5/c1-16-6-5-7-17(2)24(16)35-15-22(31)26-12-13-34-23-11-10-21-27-28-25(30(21)29-23)19-14-18(32-3)8-9-20(19)33-4/h5-11,14H,12-13,15H2,1-4H3,(H,26,31). The highest BCUT2D eigenvalue weighted by atomic mass is 16.5. The van der Waals surface area contributed by atoms with Crippen LogP contribution in [0.3, 0.4) is 0 Å². The topological polar surface area (TPSA) is 109 Å². The first-order chi connectivity index (χ1) is 17.0. The molecule has 4 aromatic rings. The van der Waals surface area contributed by atoms with Gasteiger partial charge in [-0.3, -0.25) is 4.79 Å². The summed E-state index contributed by atoms with van der Waals surface area (Å²) < 4.78 is 23.8. The monoisotopic (exact) mass is 477 g/mol. The summed E-state index contributed by atoms with van der Waals surface area (Å²) in [5, 5.41) is 15.7. The Kier molecular flexibility index (Phi) is 7.30. The van der Waals surface area contributed by atoms with Crippen molar-refractivity contribution in [2.45, 2.75) is 13.8 Å². The molecule has 0 spiro atoms. The third-order valence-electron chi connectivity index (χ3n) is 5.32. The van der Waals surface area contributed by atoms with Crippen molar-refractivity contribution in [2.24, 2.45) is 0 Å². The molecule has 4 rings (SSSR count). The van der Waals surface area contributed by atoms with Gasteiger partial charge in [-0.2, -0.15) is 4.52 Å².